The number of morpholine rings is 1. The van der Waals surface area contributed by atoms with Crippen LogP contribution < -0.4 is 4.90 Å². The van der Waals surface area contributed by atoms with Crippen LogP contribution in [0, 0.1) is 17.1 Å². The molecule has 1 aromatic carbocycles. The molecular weight excluding hydrogens is 207 g/mol. The van der Waals surface area contributed by atoms with Gasteiger partial charge in [0.25, 0.3) is 0 Å². The summed E-state index contributed by atoms with van der Waals surface area (Å²) >= 11 is 0. The summed E-state index contributed by atoms with van der Waals surface area (Å²) in [5, 5.41) is 8.65. The lowest BCUT2D eigenvalue weighted by atomic mass is 10.1. The quantitative estimate of drug-likeness (QED) is 0.725. The normalized spacial score (nSPS) is 20.6. The summed E-state index contributed by atoms with van der Waals surface area (Å²) in [5.41, 5.74) is 0.900. The van der Waals surface area contributed by atoms with Crippen molar-refractivity contribution in [1.29, 1.82) is 5.26 Å². The standard InChI is InChI=1S/C12H13FN2O/c1-9-8-16-5-4-15(9)11-3-2-10(7-14)12(13)6-11/h2-3,6,9H,4-5,8H2,1H3. The topological polar surface area (TPSA) is 36.3 Å². The van der Waals surface area contributed by atoms with Gasteiger partial charge >= 0.3 is 0 Å². The predicted octanol–water partition coefficient (Wildman–Crippen LogP) is 1.92. The van der Waals surface area contributed by atoms with Gasteiger partial charge < -0.3 is 9.64 Å². The average Bonchev–Trinajstić information content (AvgIpc) is 2.29. The molecule has 0 amide bonds. The summed E-state index contributed by atoms with van der Waals surface area (Å²) in [6.07, 6.45) is 0. The van der Waals surface area contributed by atoms with Crippen molar-refractivity contribution in [2.24, 2.45) is 0 Å². The van der Waals surface area contributed by atoms with Crippen molar-refractivity contribution in [2.75, 3.05) is 24.7 Å². The van der Waals surface area contributed by atoms with Crippen molar-refractivity contribution in [3.63, 3.8) is 0 Å². The van der Waals surface area contributed by atoms with E-state index >= 15 is 0 Å². The van der Waals surface area contributed by atoms with Crippen LogP contribution in [0.1, 0.15) is 12.5 Å². The molecule has 0 saturated carbocycles. The van der Waals surface area contributed by atoms with Crippen LogP contribution in [-0.4, -0.2) is 25.8 Å². The van der Waals surface area contributed by atoms with E-state index in [-0.39, 0.29) is 11.6 Å². The zero-order valence-electron chi connectivity index (χ0n) is 9.11. The van der Waals surface area contributed by atoms with E-state index in [2.05, 4.69) is 4.90 Å². The van der Waals surface area contributed by atoms with E-state index in [1.807, 2.05) is 13.0 Å². The SMILES string of the molecule is CC1COCCN1c1ccc(C#N)c(F)c1. The van der Waals surface area contributed by atoms with Gasteiger partial charge in [-0.15, -0.1) is 0 Å². The molecule has 0 aromatic heterocycles. The number of benzene rings is 1. The maximum Gasteiger partial charge on any atom is 0.143 e. The first kappa shape index (κ1) is 10.9. The van der Waals surface area contributed by atoms with Crippen LogP contribution in [0.15, 0.2) is 18.2 Å². The molecule has 1 aromatic rings. The second kappa shape index (κ2) is 4.50. The first-order valence-electron chi connectivity index (χ1n) is 5.26. The van der Waals surface area contributed by atoms with Gasteiger partial charge in [-0.3, -0.25) is 0 Å². The highest BCUT2D eigenvalue weighted by molar-refractivity contribution is 5.51. The third kappa shape index (κ3) is 2.00. The van der Waals surface area contributed by atoms with Crippen molar-refractivity contribution >= 4 is 5.69 Å². The summed E-state index contributed by atoms with van der Waals surface area (Å²) in [4.78, 5) is 2.09. The summed E-state index contributed by atoms with van der Waals surface area (Å²) in [5.74, 6) is -0.460. The van der Waals surface area contributed by atoms with Crippen molar-refractivity contribution < 1.29 is 9.13 Å². The maximum absolute atomic E-state index is 13.5. The Balaban J connectivity index is 2.27. The minimum atomic E-state index is -0.460. The Morgan fingerprint density at radius 3 is 3.00 bits per heavy atom. The molecule has 1 aliphatic rings. The lowest BCUT2D eigenvalue weighted by molar-refractivity contribution is 0.0989. The molecule has 0 radical (unpaired) electrons. The van der Waals surface area contributed by atoms with Gasteiger partial charge in [0.1, 0.15) is 11.9 Å². The van der Waals surface area contributed by atoms with Crippen molar-refractivity contribution in [2.45, 2.75) is 13.0 Å². The van der Waals surface area contributed by atoms with Gasteiger partial charge in [0.05, 0.1) is 18.8 Å². The number of rotatable bonds is 1. The largest absolute Gasteiger partial charge is 0.377 e. The number of hydrogen-bond acceptors (Lipinski definition) is 3. The summed E-state index contributed by atoms with van der Waals surface area (Å²) in [6, 6.07) is 6.77. The fourth-order valence-electron chi connectivity index (χ4n) is 1.88. The molecule has 1 unspecified atom stereocenters. The molecule has 0 N–H and O–H groups in total. The van der Waals surface area contributed by atoms with Crippen LogP contribution in [0.2, 0.25) is 0 Å². The van der Waals surface area contributed by atoms with Gasteiger partial charge in [0, 0.05) is 18.3 Å². The number of nitriles is 1. The number of hydrogen-bond donors (Lipinski definition) is 0. The van der Waals surface area contributed by atoms with Gasteiger partial charge in [0.15, 0.2) is 0 Å². The molecule has 2 rings (SSSR count). The molecular formula is C12H13FN2O. The fourth-order valence-corrected chi connectivity index (χ4v) is 1.88. The highest BCUT2D eigenvalue weighted by Crippen LogP contribution is 2.22. The Morgan fingerprint density at radius 1 is 1.56 bits per heavy atom. The first-order chi connectivity index (χ1) is 7.72. The minimum Gasteiger partial charge on any atom is -0.377 e. The van der Waals surface area contributed by atoms with Crippen molar-refractivity contribution in [3.05, 3.63) is 29.6 Å². The Morgan fingerprint density at radius 2 is 2.38 bits per heavy atom. The smallest absolute Gasteiger partial charge is 0.143 e. The van der Waals surface area contributed by atoms with Crippen LogP contribution in [-0.2, 0) is 4.74 Å². The lowest BCUT2D eigenvalue weighted by Gasteiger charge is -2.35. The van der Waals surface area contributed by atoms with Gasteiger partial charge in [0.2, 0.25) is 0 Å². The predicted molar refractivity (Wildman–Crippen MR) is 58.7 cm³/mol. The zero-order chi connectivity index (χ0) is 11.5. The van der Waals surface area contributed by atoms with Gasteiger partial charge in [-0.1, -0.05) is 0 Å². The van der Waals surface area contributed by atoms with E-state index in [1.165, 1.54) is 12.1 Å². The second-order valence-corrected chi connectivity index (χ2v) is 3.89. The van der Waals surface area contributed by atoms with Gasteiger partial charge in [-0.2, -0.15) is 5.26 Å². The van der Waals surface area contributed by atoms with E-state index in [4.69, 9.17) is 10.00 Å². The van der Waals surface area contributed by atoms with Crippen LogP contribution in [0.5, 0.6) is 0 Å². The lowest BCUT2D eigenvalue weighted by Crippen LogP contribution is -2.43. The third-order valence-corrected chi connectivity index (χ3v) is 2.77. The molecule has 1 fully saturated rings. The second-order valence-electron chi connectivity index (χ2n) is 3.89. The summed E-state index contributed by atoms with van der Waals surface area (Å²) in [6.45, 7) is 4.11. The van der Waals surface area contributed by atoms with Crippen molar-refractivity contribution in [1.82, 2.24) is 0 Å². The van der Waals surface area contributed by atoms with E-state index in [1.54, 1.807) is 6.07 Å². The first-order valence-corrected chi connectivity index (χ1v) is 5.26. The summed E-state index contributed by atoms with van der Waals surface area (Å²) in [7, 11) is 0. The highest BCUT2D eigenvalue weighted by atomic mass is 19.1. The van der Waals surface area contributed by atoms with E-state index < -0.39 is 5.82 Å². The number of anilines is 1. The van der Waals surface area contributed by atoms with Crippen LogP contribution >= 0.6 is 0 Å². The number of nitrogens with zero attached hydrogens (tertiary/aromatic N) is 2. The van der Waals surface area contributed by atoms with E-state index in [0.717, 1.165) is 12.2 Å². The average molecular weight is 220 g/mol. The Kier molecular flexibility index (Phi) is 3.07. The monoisotopic (exact) mass is 220 g/mol. The fraction of sp³-hybridized carbons (Fsp3) is 0.417. The zero-order valence-corrected chi connectivity index (χ0v) is 9.11. The molecule has 1 atom stereocenters. The summed E-state index contributed by atoms with van der Waals surface area (Å²) < 4.78 is 18.8. The van der Waals surface area contributed by atoms with Crippen molar-refractivity contribution in [3.8, 4) is 6.07 Å². The third-order valence-electron chi connectivity index (χ3n) is 2.77. The van der Waals surface area contributed by atoms with Gasteiger partial charge in [-0.25, -0.2) is 4.39 Å². The molecule has 0 spiro atoms. The van der Waals surface area contributed by atoms with E-state index in [9.17, 15) is 4.39 Å². The Hall–Kier alpha value is -1.60. The molecule has 16 heavy (non-hydrogen) atoms. The number of ether oxygens (including phenoxy) is 1. The molecule has 0 aliphatic carbocycles. The molecule has 0 bridgehead atoms. The van der Waals surface area contributed by atoms with Crippen LogP contribution in [0.3, 0.4) is 0 Å². The Labute approximate surface area is 94.0 Å². The molecule has 3 nitrogen and oxygen atoms in total. The van der Waals surface area contributed by atoms with Gasteiger partial charge in [-0.05, 0) is 25.1 Å². The highest BCUT2D eigenvalue weighted by Gasteiger charge is 2.19. The maximum atomic E-state index is 13.5. The number of halogens is 1. The molecule has 1 aliphatic heterocycles. The van der Waals surface area contributed by atoms with E-state index in [0.29, 0.717) is 13.2 Å². The molecule has 1 heterocycles. The minimum absolute atomic E-state index is 0.0877. The van der Waals surface area contributed by atoms with Crippen LogP contribution in [0.25, 0.3) is 0 Å². The molecule has 4 heteroatoms. The Bertz CT molecular complexity index is 428. The molecule has 1 saturated heterocycles. The van der Waals surface area contributed by atoms with Crippen LogP contribution in [0.4, 0.5) is 10.1 Å². The molecule has 84 valence electrons.